The summed E-state index contributed by atoms with van der Waals surface area (Å²) in [5.41, 5.74) is 2.79. The van der Waals surface area contributed by atoms with Gasteiger partial charge in [-0.3, -0.25) is 4.79 Å². The molecular formula is C28H31N3O3S2. The second kappa shape index (κ2) is 10.9. The highest BCUT2D eigenvalue weighted by Crippen LogP contribution is 2.34. The van der Waals surface area contributed by atoms with Crippen LogP contribution < -0.4 is 5.32 Å². The summed E-state index contributed by atoms with van der Waals surface area (Å²) in [7, 11) is -3.65. The van der Waals surface area contributed by atoms with E-state index in [-0.39, 0.29) is 22.6 Å². The molecule has 4 aromatic rings. The minimum atomic E-state index is -3.65. The Morgan fingerprint density at radius 1 is 0.889 bits per heavy atom. The van der Waals surface area contributed by atoms with E-state index in [9.17, 15) is 13.2 Å². The van der Waals surface area contributed by atoms with Gasteiger partial charge in [-0.1, -0.05) is 52.0 Å². The number of benzene rings is 3. The number of carbonyl (C=O) groups excluding carboxylic acids is 1. The number of rotatable bonds is 9. The largest absolute Gasteiger partial charge is 0.321 e. The van der Waals surface area contributed by atoms with E-state index < -0.39 is 10.0 Å². The van der Waals surface area contributed by atoms with Crippen molar-refractivity contribution in [3.05, 3.63) is 78.4 Å². The summed E-state index contributed by atoms with van der Waals surface area (Å²) >= 11 is 1.57. The molecule has 0 fully saturated rings. The minimum absolute atomic E-state index is 0.190. The average Bonchev–Trinajstić information content (AvgIpc) is 3.27. The number of hydrogen-bond acceptors (Lipinski definition) is 5. The zero-order valence-electron chi connectivity index (χ0n) is 20.9. The highest BCUT2D eigenvalue weighted by molar-refractivity contribution is 7.89. The summed E-state index contributed by atoms with van der Waals surface area (Å²) < 4.78 is 29.2. The Kier molecular flexibility index (Phi) is 7.88. The normalized spacial score (nSPS) is 12.1. The maximum absolute atomic E-state index is 13.3. The number of para-hydroxylation sites is 2. The van der Waals surface area contributed by atoms with E-state index in [1.165, 1.54) is 16.4 Å². The van der Waals surface area contributed by atoms with Crippen molar-refractivity contribution in [2.24, 2.45) is 11.8 Å². The number of nitrogens with zero attached hydrogens (tertiary/aromatic N) is 2. The Labute approximate surface area is 217 Å². The van der Waals surface area contributed by atoms with Crippen molar-refractivity contribution in [2.45, 2.75) is 32.6 Å². The monoisotopic (exact) mass is 521 g/mol. The molecular weight excluding hydrogens is 490 g/mol. The number of hydrogen-bond donors (Lipinski definition) is 1. The topological polar surface area (TPSA) is 79.4 Å². The van der Waals surface area contributed by atoms with Crippen molar-refractivity contribution in [1.29, 1.82) is 0 Å². The molecule has 0 spiro atoms. The fraction of sp³-hybridized carbons (Fsp3) is 0.286. The molecule has 188 valence electrons. The van der Waals surface area contributed by atoms with E-state index in [0.29, 0.717) is 24.3 Å². The number of nitrogens with one attached hydrogen (secondary N) is 1. The van der Waals surface area contributed by atoms with Gasteiger partial charge in [0, 0.05) is 24.2 Å². The van der Waals surface area contributed by atoms with E-state index in [0.717, 1.165) is 20.8 Å². The van der Waals surface area contributed by atoms with Gasteiger partial charge in [0.05, 0.1) is 20.8 Å². The van der Waals surface area contributed by atoms with Crippen LogP contribution >= 0.6 is 11.3 Å². The van der Waals surface area contributed by atoms with Crippen LogP contribution in [-0.2, 0) is 10.0 Å². The number of anilines is 1. The highest BCUT2D eigenvalue weighted by Gasteiger charge is 2.26. The fourth-order valence-electron chi connectivity index (χ4n) is 3.97. The number of aromatic nitrogens is 1. The smallest absolute Gasteiger partial charge is 0.255 e. The predicted molar refractivity (Wildman–Crippen MR) is 148 cm³/mol. The fourth-order valence-corrected chi connectivity index (χ4v) is 6.75. The van der Waals surface area contributed by atoms with Crippen LogP contribution in [0.2, 0.25) is 0 Å². The van der Waals surface area contributed by atoms with Crippen molar-refractivity contribution < 1.29 is 13.2 Å². The second-order valence-electron chi connectivity index (χ2n) is 9.62. The molecule has 0 bridgehead atoms. The minimum Gasteiger partial charge on any atom is -0.321 e. The molecule has 0 saturated heterocycles. The van der Waals surface area contributed by atoms with E-state index >= 15 is 0 Å². The van der Waals surface area contributed by atoms with Crippen molar-refractivity contribution >= 4 is 43.2 Å². The zero-order valence-corrected chi connectivity index (χ0v) is 22.6. The molecule has 3 aromatic carbocycles. The van der Waals surface area contributed by atoms with Crippen molar-refractivity contribution in [2.75, 3.05) is 18.4 Å². The first-order chi connectivity index (χ1) is 17.1. The van der Waals surface area contributed by atoms with Gasteiger partial charge in [-0.15, -0.1) is 11.3 Å². The molecule has 0 saturated carbocycles. The van der Waals surface area contributed by atoms with Crippen molar-refractivity contribution in [1.82, 2.24) is 9.29 Å². The van der Waals surface area contributed by atoms with E-state index in [1.54, 1.807) is 23.5 Å². The lowest BCUT2D eigenvalue weighted by molar-refractivity contribution is 0.102. The van der Waals surface area contributed by atoms with Crippen LogP contribution in [0.5, 0.6) is 0 Å². The number of thiazole rings is 1. The highest BCUT2D eigenvalue weighted by atomic mass is 32.2. The average molecular weight is 522 g/mol. The van der Waals surface area contributed by atoms with Gasteiger partial charge in [0.15, 0.2) is 0 Å². The summed E-state index contributed by atoms with van der Waals surface area (Å²) in [6.07, 6.45) is 0. The molecule has 0 aliphatic rings. The molecule has 0 atom stereocenters. The van der Waals surface area contributed by atoms with Crippen LogP contribution in [0.3, 0.4) is 0 Å². The summed E-state index contributed by atoms with van der Waals surface area (Å²) in [6.45, 7) is 8.91. The Morgan fingerprint density at radius 3 is 2.14 bits per heavy atom. The first kappa shape index (κ1) is 26.0. The van der Waals surface area contributed by atoms with Crippen LogP contribution in [0.1, 0.15) is 38.1 Å². The van der Waals surface area contributed by atoms with Crippen LogP contribution in [0.4, 0.5) is 5.69 Å². The second-order valence-corrected chi connectivity index (χ2v) is 12.6. The molecule has 1 heterocycles. The third-order valence-corrected chi connectivity index (χ3v) is 8.51. The summed E-state index contributed by atoms with van der Waals surface area (Å²) in [5.74, 6) is 0.104. The van der Waals surface area contributed by atoms with Gasteiger partial charge in [-0.25, -0.2) is 13.4 Å². The third-order valence-electron chi connectivity index (χ3n) is 5.59. The summed E-state index contributed by atoms with van der Waals surface area (Å²) in [4.78, 5) is 18.0. The Hall–Kier alpha value is -3.07. The van der Waals surface area contributed by atoms with E-state index in [2.05, 4.69) is 5.32 Å². The van der Waals surface area contributed by atoms with Crippen LogP contribution in [0.25, 0.3) is 20.8 Å². The number of fused-ring (bicyclic) bond motifs is 1. The molecule has 0 aliphatic carbocycles. The quantitative estimate of drug-likeness (QED) is 0.272. The third kappa shape index (κ3) is 5.83. The standard InChI is InChI=1S/C28H31N3O3S2/c1-19(2)17-31(18-20(3)4)36(33,34)22-15-13-21(14-16-22)27(32)29-24-10-6-5-9-23(24)28-30-25-11-7-8-12-26(25)35-28/h5-16,19-20H,17-18H2,1-4H3,(H,29,32). The van der Waals surface area contributed by atoms with Gasteiger partial charge in [0.1, 0.15) is 5.01 Å². The molecule has 36 heavy (non-hydrogen) atoms. The van der Waals surface area contributed by atoms with Crippen LogP contribution in [-0.4, -0.2) is 36.7 Å². The van der Waals surface area contributed by atoms with Gasteiger partial charge < -0.3 is 5.32 Å². The van der Waals surface area contributed by atoms with E-state index in [1.807, 2.05) is 76.2 Å². The lowest BCUT2D eigenvalue weighted by Crippen LogP contribution is -2.37. The number of amides is 1. The van der Waals surface area contributed by atoms with Gasteiger partial charge in [0.25, 0.3) is 5.91 Å². The lowest BCUT2D eigenvalue weighted by Gasteiger charge is -2.25. The molecule has 1 N–H and O–H groups in total. The Bertz CT molecular complexity index is 1420. The predicted octanol–water partition coefficient (Wildman–Crippen LogP) is 6.52. The van der Waals surface area contributed by atoms with Gasteiger partial charge in [0.2, 0.25) is 10.0 Å². The van der Waals surface area contributed by atoms with Crippen LogP contribution in [0, 0.1) is 11.8 Å². The van der Waals surface area contributed by atoms with Gasteiger partial charge in [-0.05, 0) is 60.4 Å². The first-order valence-corrected chi connectivity index (χ1v) is 14.3. The SMILES string of the molecule is CC(C)CN(CC(C)C)S(=O)(=O)c1ccc(C(=O)Nc2ccccc2-c2nc3ccccc3s2)cc1. The molecule has 0 unspecified atom stereocenters. The van der Waals surface area contributed by atoms with Gasteiger partial charge in [-0.2, -0.15) is 4.31 Å². The van der Waals surface area contributed by atoms with E-state index in [4.69, 9.17) is 4.98 Å². The maximum atomic E-state index is 13.3. The molecule has 0 radical (unpaired) electrons. The van der Waals surface area contributed by atoms with Crippen molar-refractivity contribution in [3.63, 3.8) is 0 Å². The molecule has 6 nitrogen and oxygen atoms in total. The first-order valence-electron chi connectivity index (χ1n) is 12.0. The zero-order chi connectivity index (χ0) is 25.9. The molecule has 1 aromatic heterocycles. The molecule has 4 rings (SSSR count). The van der Waals surface area contributed by atoms with Crippen molar-refractivity contribution in [3.8, 4) is 10.6 Å². The summed E-state index contributed by atoms with van der Waals surface area (Å²) in [5, 5.41) is 3.79. The Morgan fingerprint density at radius 2 is 1.50 bits per heavy atom. The molecule has 8 heteroatoms. The Balaban J connectivity index is 1.56. The summed E-state index contributed by atoms with van der Waals surface area (Å²) in [6, 6.07) is 21.6. The van der Waals surface area contributed by atoms with Crippen LogP contribution in [0.15, 0.2) is 77.7 Å². The lowest BCUT2D eigenvalue weighted by atomic mass is 10.1. The van der Waals surface area contributed by atoms with Gasteiger partial charge >= 0.3 is 0 Å². The number of carbonyl (C=O) groups is 1. The maximum Gasteiger partial charge on any atom is 0.255 e. The molecule has 1 amide bonds. The number of sulfonamides is 1. The molecule has 0 aliphatic heterocycles.